The second-order valence-corrected chi connectivity index (χ2v) is 5.34. The van der Waals surface area contributed by atoms with E-state index in [1.165, 1.54) is 12.8 Å². The van der Waals surface area contributed by atoms with Gasteiger partial charge in [-0.2, -0.15) is 15.0 Å². The Morgan fingerprint density at radius 2 is 2.00 bits per heavy atom. The van der Waals surface area contributed by atoms with Gasteiger partial charge in [0, 0.05) is 13.6 Å². The zero-order chi connectivity index (χ0) is 14.5. The first kappa shape index (κ1) is 14.8. The van der Waals surface area contributed by atoms with E-state index in [2.05, 4.69) is 26.9 Å². The van der Waals surface area contributed by atoms with Crippen molar-refractivity contribution in [2.45, 2.75) is 19.8 Å². The highest BCUT2D eigenvalue weighted by Crippen LogP contribution is 2.19. The molecule has 0 saturated carbocycles. The summed E-state index contributed by atoms with van der Waals surface area (Å²) in [5, 5.41) is 0. The molecular weight excluding hydrogens is 256 g/mol. The van der Waals surface area contributed by atoms with E-state index in [9.17, 15) is 0 Å². The largest absolute Gasteiger partial charge is 0.464 e. The number of hydrogen-bond acceptors (Lipinski definition) is 7. The van der Waals surface area contributed by atoms with Gasteiger partial charge in [-0.25, -0.2) is 0 Å². The van der Waals surface area contributed by atoms with Crippen LogP contribution in [-0.4, -0.2) is 60.2 Å². The van der Waals surface area contributed by atoms with Gasteiger partial charge in [0.05, 0.1) is 6.61 Å². The third kappa shape index (κ3) is 3.93. The maximum Gasteiger partial charge on any atom is 0.323 e. The normalized spacial score (nSPS) is 17.1. The Labute approximate surface area is 120 Å². The van der Waals surface area contributed by atoms with Gasteiger partial charge in [0.1, 0.15) is 0 Å². The molecule has 7 heteroatoms. The molecule has 0 spiro atoms. The van der Waals surface area contributed by atoms with Crippen molar-refractivity contribution in [1.29, 1.82) is 0 Å². The van der Waals surface area contributed by atoms with Gasteiger partial charge < -0.3 is 20.3 Å². The minimum absolute atomic E-state index is 0.202. The summed E-state index contributed by atoms with van der Waals surface area (Å²) in [6.07, 6.45) is 2.42. The zero-order valence-electron chi connectivity index (χ0n) is 12.5. The fourth-order valence-corrected chi connectivity index (χ4v) is 2.44. The van der Waals surface area contributed by atoms with Gasteiger partial charge in [0.25, 0.3) is 0 Å². The number of anilines is 2. The maximum absolute atomic E-state index is 5.70. The molecule has 0 atom stereocenters. The van der Waals surface area contributed by atoms with E-state index in [1.807, 2.05) is 18.9 Å². The Balaban J connectivity index is 1.99. The van der Waals surface area contributed by atoms with E-state index in [1.54, 1.807) is 0 Å². The number of piperidine rings is 1. The average molecular weight is 280 g/mol. The molecule has 0 aliphatic carbocycles. The van der Waals surface area contributed by atoms with Gasteiger partial charge in [-0.3, -0.25) is 0 Å². The molecule has 2 N–H and O–H groups in total. The van der Waals surface area contributed by atoms with Crippen molar-refractivity contribution in [3.8, 4) is 6.01 Å². The van der Waals surface area contributed by atoms with Crippen LogP contribution in [0.1, 0.15) is 19.8 Å². The van der Waals surface area contributed by atoms with Crippen molar-refractivity contribution < 1.29 is 4.74 Å². The predicted octanol–water partition coefficient (Wildman–Crippen LogP) is 0.631. The fraction of sp³-hybridized carbons (Fsp3) is 0.769. The monoisotopic (exact) mass is 280 g/mol. The van der Waals surface area contributed by atoms with Crippen LogP contribution < -0.4 is 15.4 Å². The molecule has 0 aromatic carbocycles. The second kappa shape index (κ2) is 6.69. The van der Waals surface area contributed by atoms with Crippen LogP contribution in [-0.2, 0) is 0 Å². The summed E-state index contributed by atoms with van der Waals surface area (Å²) < 4.78 is 5.31. The van der Waals surface area contributed by atoms with Crippen molar-refractivity contribution in [3.63, 3.8) is 0 Å². The van der Waals surface area contributed by atoms with Crippen LogP contribution in [0.3, 0.4) is 0 Å². The molecule has 1 aromatic heterocycles. The lowest BCUT2D eigenvalue weighted by atomic mass is 9.97. The molecule has 112 valence electrons. The number of nitrogen functional groups attached to an aromatic ring is 1. The number of aromatic nitrogens is 3. The number of nitrogens with two attached hydrogens (primary N) is 1. The molecule has 0 amide bonds. The summed E-state index contributed by atoms with van der Waals surface area (Å²) >= 11 is 0. The number of rotatable bonds is 5. The van der Waals surface area contributed by atoms with Crippen molar-refractivity contribution in [2.24, 2.45) is 5.92 Å². The summed E-state index contributed by atoms with van der Waals surface area (Å²) in [4.78, 5) is 16.8. The van der Waals surface area contributed by atoms with E-state index in [-0.39, 0.29) is 5.95 Å². The Morgan fingerprint density at radius 3 is 2.65 bits per heavy atom. The molecule has 1 fully saturated rings. The molecule has 7 nitrogen and oxygen atoms in total. The van der Waals surface area contributed by atoms with E-state index < -0.39 is 0 Å². The standard InChI is InChI=1S/C13H24N6O/c1-4-20-13-16-11(14)15-12(17-13)19(3)9-10-5-7-18(2)8-6-10/h10H,4-9H2,1-3H3,(H2,14,15,16,17). The topological polar surface area (TPSA) is 80.4 Å². The van der Waals surface area contributed by atoms with E-state index in [4.69, 9.17) is 10.5 Å². The third-order valence-corrected chi connectivity index (χ3v) is 3.61. The van der Waals surface area contributed by atoms with E-state index >= 15 is 0 Å². The van der Waals surface area contributed by atoms with Crippen molar-refractivity contribution in [1.82, 2.24) is 19.9 Å². The molecule has 2 heterocycles. The van der Waals surface area contributed by atoms with E-state index in [0.717, 1.165) is 19.6 Å². The van der Waals surface area contributed by atoms with Crippen LogP contribution >= 0.6 is 0 Å². The summed E-state index contributed by atoms with van der Waals surface area (Å²) in [5.74, 6) is 1.46. The summed E-state index contributed by atoms with van der Waals surface area (Å²) in [7, 11) is 4.16. The van der Waals surface area contributed by atoms with Crippen LogP contribution in [0.25, 0.3) is 0 Å². The maximum atomic E-state index is 5.70. The highest BCUT2D eigenvalue weighted by atomic mass is 16.5. The molecule has 1 saturated heterocycles. The summed E-state index contributed by atoms with van der Waals surface area (Å²) in [6, 6.07) is 0.297. The molecule has 0 bridgehead atoms. The zero-order valence-corrected chi connectivity index (χ0v) is 12.5. The number of hydrogen-bond donors (Lipinski definition) is 1. The van der Waals surface area contributed by atoms with Crippen LogP contribution in [0, 0.1) is 5.92 Å². The first-order valence-corrected chi connectivity index (χ1v) is 7.12. The number of ether oxygens (including phenoxy) is 1. The van der Waals surface area contributed by atoms with Gasteiger partial charge >= 0.3 is 6.01 Å². The third-order valence-electron chi connectivity index (χ3n) is 3.61. The second-order valence-electron chi connectivity index (χ2n) is 5.34. The molecule has 1 aromatic rings. The molecule has 2 rings (SSSR count). The van der Waals surface area contributed by atoms with Crippen LogP contribution in [0.2, 0.25) is 0 Å². The van der Waals surface area contributed by atoms with Gasteiger partial charge in [-0.1, -0.05) is 0 Å². The minimum atomic E-state index is 0.202. The van der Waals surface area contributed by atoms with Crippen molar-refractivity contribution in [3.05, 3.63) is 0 Å². The first-order valence-electron chi connectivity index (χ1n) is 7.12. The highest BCUT2D eigenvalue weighted by molar-refractivity contribution is 5.35. The smallest absolute Gasteiger partial charge is 0.323 e. The van der Waals surface area contributed by atoms with Gasteiger partial charge in [-0.15, -0.1) is 0 Å². The predicted molar refractivity (Wildman–Crippen MR) is 78.9 cm³/mol. The lowest BCUT2D eigenvalue weighted by Crippen LogP contribution is -2.36. The Kier molecular flexibility index (Phi) is 4.94. The van der Waals surface area contributed by atoms with Gasteiger partial charge in [0.2, 0.25) is 11.9 Å². The summed E-state index contributed by atoms with van der Waals surface area (Å²) in [6.45, 7) is 5.65. The van der Waals surface area contributed by atoms with Crippen molar-refractivity contribution >= 4 is 11.9 Å². The molecule has 0 radical (unpaired) electrons. The van der Waals surface area contributed by atoms with Gasteiger partial charge in [-0.05, 0) is 45.8 Å². The quantitative estimate of drug-likeness (QED) is 0.847. The number of nitrogens with zero attached hydrogens (tertiary/aromatic N) is 5. The van der Waals surface area contributed by atoms with Crippen molar-refractivity contribution in [2.75, 3.05) is 51.0 Å². The fourth-order valence-electron chi connectivity index (χ4n) is 2.44. The minimum Gasteiger partial charge on any atom is -0.464 e. The molecular formula is C13H24N6O. The molecule has 20 heavy (non-hydrogen) atoms. The van der Waals surface area contributed by atoms with Crippen LogP contribution in [0.15, 0.2) is 0 Å². The Bertz CT molecular complexity index is 433. The first-order chi connectivity index (χ1) is 9.58. The van der Waals surface area contributed by atoms with Crippen LogP contribution in [0.5, 0.6) is 6.01 Å². The Hall–Kier alpha value is -1.63. The van der Waals surface area contributed by atoms with E-state index in [0.29, 0.717) is 24.5 Å². The SMILES string of the molecule is CCOc1nc(N)nc(N(C)CC2CCN(C)CC2)n1. The molecule has 1 aliphatic rings. The van der Waals surface area contributed by atoms with Crippen LogP contribution in [0.4, 0.5) is 11.9 Å². The highest BCUT2D eigenvalue weighted by Gasteiger charge is 2.20. The molecule has 1 aliphatic heterocycles. The Morgan fingerprint density at radius 1 is 1.30 bits per heavy atom. The average Bonchev–Trinajstić information content (AvgIpc) is 2.41. The summed E-state index contributed by atoms with van der Waals surface area (Å²) in [5.41, 5.74) is 5.70. The van der Waals surface area contributed by atoms with Gasteiger partial charge in [0.15, 0.2) is 0 Å². The lowest BCUT2D eigenvalue weighted by Gasteiger charge is -2.31. The number of likely N-dealkylation sites (tertiary alicyclic amines) is 1. The lowest BCUT2D eigenvalue weighted by molar-refractivity contribution is 0.222. The molecule has 0 unspecified atom stereocenters.